The van der Waals surface area contributed by atoms with Gasteiger partial charge in [0, 0.05) is 11.3 Å². The Morgan fingerprint density at radius 1 is 1.29 bits per heavy atom. The number of nitrogens with zero attached hydrogens (tertiary/aromatic N) is 3. The van der Waals surface area contributed by atoms with E-state index in [1.54, 1.807) is 6.92 Å². The normalized spacial score (nSPS) is 19.8. The van der Waals surface area contributed by atoms with E-state index in [-0.39, 0.29) is 36.0 Å². The first-order chi connectivity index (χ1) is 13.1. The number of alkyl halides is 3. The van der Waals surface area contributed by atoms with E-state index in [0.717, 1.165) is 6.07 Å². The fraction of sp³-hybridized carbons (Fsp3) is 0.294. The summed E-state index contributed by atoms with van der Waals surface area (Å²) in [4.78, 5) is 23.1. The molecule has 1 aromatic heterocycles. The molecule has 3 rings (SSSR count). The number of hydrogen-bond donors (Lipinski definition) is 2. The lowest BCUT2D eigenvalue weighted by atomic mass is 9.92. The minimum absolute atomic E-state index is 0.0897. The average Bonchev–Trinajstić information content (AvgIpc) is 2.62. The zero-order valence-corrected chi connectivity index (χ0v) is 14.5. The Hall–Kier alpha value is -3.08. The van der Waals surface area contributed by atoms with Gasteiger partial charge in [-0.2, -0.15) is 13.2 Å². The molecular formula is C17H15F4N5O2. The van der Waals surface area contributed by atoms with Crippen molar-refractivity contribution < 1.29 is 27.1 Å². The average molecular weight is 397 g/mol. The maximum atomic E-state index is 14.3. The molecule has 0 fully saturated rings. The Balaban J connectivity index is 1.83. The third-order valence-electron chi connectivity index (χ3n) is 4.00. The van der Waals surface area contributed by atoms with Crippen molar-refractivity contribution in [3.05, 3.63) is 53.4 Å². The Kier molecular flexibility index (Phi) is 5.02. The van der Waals surface area contributed by atoms with E-state index < -0.39 is 29.1 Å². The molecule has 0 spiro atoms. The van der Waals surface area contributed by atoms with Crippen LogP contribution in [0.3, 0.4) is 0 Å². The Labute approximate surface area is 156 Å². The Morgan fingerprint density at radius 3 is 2.64 bits per heavy atom. The summed E-state index contributed by atoms with van der Waals surface area (Å²) in [5.74, 6) is -1.16. The number of ether oxygens (including phenoxy) is 1. The first kappa shape index (κ1) is 19.7. The molecule has 2 aromatic rings. The van der Waals surface area contributed by atoms with Crippen LogP contribution in [0.1, 0.15) is 28.7 Å². The minimum Gasteiger partial charge on any atom is -0.386 e. The van der Waals surface area contributed by atoms with Gasteiger partial charge in [0.2, 0.25) is 0 Å². The number of anilines is 1. The first-order valence-electron chi connectivity index (χ1n) is 8.01. The topological polar surface area (TPSA) is 102 Å². The van der Waals surface area contributed by atoms with E-state index in [9.17, 15) is 22.4 Å². The number of carbonyl (C=O) groups is 1. The summed E-state index contributed by atoms with van der Waals surface area (Å²) < 4.78 is 57.2. The number of halogens is 4. The van der Waals surface area contributed by atoms with Gasteiger partial charge in [-0.1, -0.05) is 0 Å². The number of amides is 1. The molecule has 1 aliphatic rings. The summed E-state index contributed by atoms with van der Waals surface area (Å²) in [5, 5.41) is 2.44. The van der Waals surface area contributed by atoms with Crippen molar-refractivity contribution in [1.82, 2.24) is 9.97 Å². The molecule has 0 aliphatic carbocycles. The molecule has 11 heteroatoms. The van der Waals surface area contributed by atoms with Crippen LogP contribution in [0.4, 0.5) is 23.2 Å². The van der Waals surface area contributed by atoms with Crippen LogP contribution in [0.25, 0.3) is 0 Å². The van der Waals surface area contributed by atoms with Crippen LogP contribution >= 0.6 is 0 Å². The molecule has 28 heavy (non-hydrogen) atoms. The number of hydrogen-bond acceptors (Lipinski definition) is 6. The molecule has 2 heterocycles. The number of aromatic nitrogens is 2. The third-order valence-corrected chi connectivity index (χ3v) is 4.00. The van der Waals surface area contributed by atoms with Gasteiger partial charge in [-0.05, 0) is 25.1 Å². The molecule has 7 nitrogen and oxygen atoms in total. The summed E-state index contributed by atoms with van der Waals surface area (Å²) in [6.07, 6.45) is -3.49. The zero-order chi connectivity index (χ0) is 20.5. The molecule has 0 bridgehead atoms. The second-order valence-electron chi connectivity index (χ2n) is 6.30. The van der Waals surface area contributed by atoms with E-state index in [0.29, 0.717) is 12.4 Å². The smallest absolute Gasteiger partial charge is 0.386 e. The van der Waals surface area contributed by atoms with Crippen molar-refractivity contribution in [2.45, 2.75) is 18.6 Å². The van der Waals surface area contributed by atoms with Gasteiger partial charge >= 0.3 is 6.18 Å². The van der Waals surface area contributed by atoms with Crippen LogP contribution in [0, 0.1) is 5.82 Å². The molecule has 3 N–H and O–H groups in total. The van der Waals surface area contributed by atoms with E-state index in [1.807, 2.05) is 0 Å². The van der Waals surface area contributed by atoms with Gasteiger partial charge in [0.05, 0.1) is 19.0 Å². The molecule has 1 aliphatic heterocycles. The van der Waals surface area contributed by atoms with Crippen LogP contribution in [0.15, 0.2) is 35.6 Å². The number of aliphatic imine (C=N–C) groups is 1. The maximum Gasteiger partial charge on any atom is 0.434 e. The fourth-order valence-corrected chi connectivity index (χ4v) is 2.68. The second-order valence-corrected chi connectivity index (χ2v) is 6.30. The lowest BCUT2D eigenvalue weighted by Gasteiger charge is -2.30. The van der Waals surface area contributed by atoms with Crippen LogP contribution in [-0.2, 0) is 16.5 Å². The number of rotatable bonds is 3. The van der Waals surface area contributed by atoms with Gasteiger partial charge < -0.3 is 15.8 Å². The van der Waals surface area contributed by atoms with Crippen molar-refractivity contribution in [1.29, 1.82) is 0 Å². The molecule has 1 atom stereocenters. The number of benzene rings is 1. The number of amidine groups is 1. The number of nitrogens with two attached hydrogens (primary N) is 1. The van der Waals surface area contributed by atoms with Crippen LogP contribution < -0.4 is 11.1 Å². The number of carbonyl (C=O) groups excluding carboxylic acids is 1. The predicted octanol–water partition coefficient (Wildman–Crippen LogP) is 2.49. The number of nitrogens with one attached hydrogen (secondary N) is 1. The third kappa shape index (κ3) is 4.09. The molecule has 148 valence electrons. The van der Waals surface area contributed by atoms with Crippen molar-refractivity contribution in [3.8, 4) is 0 Å². The maximum absolute atomic E-state index is 14.3. The highest BCUT2D eigenvalue weighted by Gasteiger charge is 2.34. The highest BCUT2D eigenvalue weighted by Crippen LogP contribution is 2.32. The molecule has 0 saturated carbocycles. The van der Waals surface area contributed by atoms with Gasteiger partial charge in [0.25, 0.3) is 5.91 Å². The quantitative estimate of drug-likeness (QED) is 0.775. The summed E-state index contributed by atoms with van der Waals surface area (Å²) in [6.45, 7) is 1.86. The molecule has 1 amide bonds. The highest BCUT2D eigenvalue weighted by molar-refractivity contribution is 6.02. The van der Waals surface area contributed by atoms with Crippen LogP contribution in [-0.4, -0.2) is 34.9 Å². The molecule has 0 radical (unpaired) electrons. The van der Waals surface area contributed by atoms with Gasteiger partial charge in [0.15, 0.2) is 5.69 Å². The Bertz CT molecular complexity index is 930. The zero-order valence-electron chi connectivity index (χ0n) is 14.5. The van der Waals surface area contributed by atoms with Crippen LogP contribution in [0.5, 0.6) is 0 Å². The van der Waals surface area contributed by atoms with Crippen molar-refractivity contribution in [2.75, 3.05) is 18.5 Å². The summed E-state index contributed by atoms with van der Waals surface area (Å²) in [7, 11) is 0. The largest absolute Gasteiger partial charge is 0.434 e. The summed E-state index contributed by atoms with van der Waals surface area (Å²) in [6, 6.07) is 3.79. The SMILES string of the molecule is C[C@@]1(c2cc(NC(=O)c3cnc(C(F)(F)F)cn3)ccc2F)COCC(N)=N1. The standard InChI is InChI=1S/C17H15F4N5O2/c1-16(8-28-7-14(22)26-16)10-4-9(2-3-11(10)18)25-15(27)12-5-24-13(6-23-12)17(19,20)21/h2-6H,7-8H2,1H3,(H2,22,26)(H,25,27)/t16-/m0/s1. The van der Waals surface area contributed by atoms with E-state index in [2.05, 4.69) is 20.3 Å². The van der Waals surface area contributed by atoms with Gasteiger partial charge in [-0.25, -0.2) is 14.4 Å². The van der Waals surface area contributed by atoms with Gasteiger partial charge in [-0.15, -0.1) is 0 Å². The van der Waals surface area contributed by atoms with Crippen molar-refractivity contribution >= 4 is 17.4 Å². The van der Waals surface area contributed by atoms with Gasteiger partial charge in [0.1, 0.15) is 29.5 Å². The second kappa shape index (κ2) is 7.15. The minimum atomic E-state index is -4.66. The van der Waals surface area contributed by atoms with Crippen LogP contribution in [0.2, 0.25) is 0 Å². The monoisotopic (exact) mass is 397 g/mol. The summed E-state index contributed by atoms with van der Waals surface area (Å²) >= 11 is 0. The molecule has 0 saturated heterocycles. The van der Waals surface area contributed by atoms with Crippen molar-refractivity contribution in [2.24, 2.45) is 10.7 Å². The highest BCUT2D eigenvalue weighted by atomic mass is 19.4. The molecule has 0 unspecified atom stereocenters. The lowest BCUT2D eigenvalue weighted by Crippen LogP contribution is -2.38. The van der Waals surface area contributed by atoms with E-state index in [1.165, 1.54) is 12.1 Å². The summed E-state index contributed by atoms with van der Waals surface area (Å²) in [5.41, 5.74) is 3.39. The first-order valence-corrected chi connectivity index (χ1v) is 8.01. The molecular weight excluding hydrogens is 382 g/mol. The fourth-order valence-electron chi connectivity index (χ4n) is 2.68. The van der Waals surface area contributed by atoms with E-state index in [4.69, 9.17) is 10.5 Å². The lowest BCUT2D eigenvalue weighted by molar-refractivity contribution is -0.141. The van der Waals surface area contributed by atoms with Gasteiger partial charge in [-0.3, -0.25) is 9.79 Å². The predicted molar refractivity (Wildman–Crippen MR) is 91.2 cm³/mol. The van der Waals surface area contributed by atoms with Crippen molar-refractivity contribution in [3.63, 3.8) is 0 Å². The molecule has 1 aromatic carbocycles. The van der Waals surface area contributed by atoms with E-state index >= 15 is 0 Å². The Morgan fingerprint density at radius 2 is 2.04 bits per heavy atom.